The maximum atomic E-state index is 13.9. The summed E-state index contributed by atoms with van der Waals surface area (Å²) in [5.74, 6) is -0.267. The molecule has 5 rings (SSSR count). The highest BCUT2D eigenvalue weighted by atomic mass is 32.1. The second kappa shape index (κ2) is 10.5. The third kappa shape index (κ3) is 5.67. The lowest BCUT2D eigenvalue weighted by atomic mass is 10.2. The first-order valence-electron chi connectivity index (χ1n) is 11.8. The van der Waals surface area contributed by atoms with Crippen LogP contribution in [0.15, 0.2) is 24.7 Å². The summed E-state index contributed by atoms with van der Waals surface area (Å²) in [6.45, 7) is 4.37. The Morgan fingerprint density at radius 1 is 1.18 bits per heavy atom. The maximum absolute atomic E-state index is 13.9. The van der Waals surface area contributed by atoms with E-state index < -0.39 is 23.6 Å². The van der Waals surface area contributed by atoms with Gasteiger partial charge in [-0.05, 0) is 38.7 Å². The molecule has 11 nitrogen and oxygen atoms in total. The zero-order valence-corrected chi connectivity index (χ0v) is 21.2. The van der Waals surface area contributed by atoms with Crippen LogP contribution in [-0.2, 0) is 17.5 Å². The van der Waals surface area contributed by atoms with Crippen LogP contribution >= 0.6 is 11.3 Å². The van der Waals surface area contributed by atoms with Gasteiger partial charge in [-0.15, -0.1) is 4.80 Å². The van der Waals surface area contributed by atoms with Gasteiger partial charge in [0.1, 0.15) is 21.6 Å². The molecule has 0 aromatic carbocycles. The van der Waals surface area contributed by atoms with E-state index in [-0.39, 0.29) is 24.8 Å². The van der Waals surface area contributed by atoms with Crippen LogP contribution in [-0.4, -0.2) is 49.2 Å². The number of pyridine rings is 2. The van der Waals surface area contributed by atoms with E-state index >= 15 is 0 Å². The highest BCUT2D eigenvalue weighted by molar-refractivity contribution is 7.18. The Morgan fingerprint density at radius 3 is 2.61 bits per heavy atom. The average Bonchev–Trinajstić information content (AvgIpc) is 3.35. The molecule has 4 aromatic heterocycles. The van der Waals surface area contributed by atoms with Gasteiger partial charge in [0.15, 0.2) is 5.82 Å². The second-order valence-corrected chi connectivity index (χ2v) is 9.72. The lowest BCUT2D eigenvalue weighted by Crippen LogP contribution is -2.23. The van der Waals surface area contributed by atoms with Crippen molar-refractivity contribution in [3.8, 4) is 11.7 Å². The number of rotatable bonds is 9. The van der Waals surface area contributed by atoms with E-state index in [0.29, 0.717) is 34.1 Å². The van der Waals surface area contributed by atoms with E-state index in [1.54, 1.807) is 6.92 Å². The molecule has 1 saturated carbocycles. The van der Waals surface area contributed by atoms with Crippen molar-refractivity contribution >= 4 is 39.1 Å². The molecule has 0 saturated heterocycles. The van der Waals surface area contributed by atoms with Gasteiger partial charge >= 0.3 is 12.2 Å². The second-order valence-electron chi connectivity index (χ2n) is 8.54. The summed E-state index contributed by atoms with van der Waals surface area (Å²) in [4.78, 5) is 27.3. The highest BCUT2D eigenvalue weighted by Gasteiger charge is 2.37. The number of urea groups is 1. The normalized spacial score (nSPS) is 13.6. The fraction of sp³-hybridized carbons (Fsp3) is 0.391. The van der Waals surface area contributed by atoms with E-state index in [1.165, 1.54) is 29.9 Å². The molecule has 1 fully saturated rings. The number of hydrogen-bond acceptors (Lipinski definition) is 9. The minimum atomic E-state index is -4.81. The molecule has 1 aliphatic carbocycles. The van der Waals surface area contributed by atoms with Gasteiger partial charge < -0.3 is 20.1 Å². The highest BCUT2D eigenvalue weighted by Crippen LogP contribution is 2.38. The number of halogens is 3. The number of thiazole rings is 1. The van der Waals surface area contributed by atoms with Gasteiger partial charge in [0.05, 0.1) is 42.5 Å². The van der Waals surface area contributed by atoms with Gasteiger partial charge in [-0.25, -0.2) is 14.8 Å². The molecule has 4 aromatic rings. The number of carbonyl (C=O) groups is 1. The molecule has 0 radical (unpaired) electrons. The number of fused-ring (bicyclic) bond motifs is 1. The Morgan fingerprint density at radius 2 is 1.92 bits per heavy atom. The average molecular weight is 549 g/mol. The fourth-order valence-electron chi connectivity index (χ4n) is 3.68. The molecule has 15 heteroatoms. The SMILES string of the molecule is CCOc1nc(-n2nccn2)c(C(F)(F)F)cc1NC(=O)Nc1cnc2sc(C)nc2c1COCC1CC1. The first kappa shape index (κ1) is 25.8. The number of ether oxygens (including phenoxy) is 2. The van der Waals surface area contributed by atoms with Gasteiger partial charge in [0, 0.05) is 12.2 Å². The fourth-order valence-corrected chi connectivity index (χ4v) is 4.47. The van der Waals surface area contributed by atoms with Crippen LogP contribution in [0.5, 0.6) is 5.88 Å². The zero-order valence-electron chi connectivity index (χ0n) is 20.4. The lowest BCUT2D eigenvalue weighted by Gasteiger charge is -2.17. The summed E-state index contributed by atoms with van der Waals surface area (Å²) in [6.07, 6.45) is 1.37. The van der Waals surface area contributed by atoms with Crippen molar-refractivity contribution in [1.29, 1.82) is 0 Å². The van der Waals surface area contributed by atoms with Crippen LogP contribution in [0.2, 0.25) is 0 Å². The van der Waals surface area contributed by atoms with E-state index in [2.05, 4.69) is 35.8 Å². The molecule has 0 atom stereocenters. The molecule has 4 heterocycles. The minimum Gasteiger partial charge on any atom is -0.476 e. The minimum absolute atomic E-state index is 0.0902. The summed E-state index contributed by atoms with van der Waals surface area (Å²) in [7, 11) is 0. The summed E-state index contributed by atoms with van der Waals surface area (Å²) in [5.41, 5.74) is 0.137. The number of anilines is 2. The summed E-state index contributed by atoms with van der Waals surface area (Å²) >= 11 is 1.41. The Hall–Kier alpha value is -3.85. The zero-order chi connectivity index (χ0) is 26.9. The first-order valence-corrected chi connectivity index (χ1v) is 12.6. The van der Waals surface area contributed by atoms with Crippen molar-refractivity contribution in [1.82, 2.24) is 29.9 Å². The molecule has 0 unspecified atom stereocenters. The van der Waals surface area contributed by atoms with Crippen molar-refractivity contribution in [2.75, 3.05) is 23.8 Å². The quantitative estimate of drug-likeness (QED) is 0.300. The maximum Gasteiger partial charge on any atom is 0.420 e. The first-order chi connectivity index (χ1) is 18.2. The molecule has 38 heavy (non-hydrogen) atoms. The largest absolute Gasteiger partial charge is 0.476 e. The van der Waals surface area contributed by atoms with Gasteiger partial charge in [0.2, 0.25) is 5.88 Å². The molecule has 0 bridgehead atoms. The van der Waals surface area contributed by atoms with Crippen LogP contribution < -0.4 is 15.4 Å². The number of carbonyl (C=O) groups excluding carboxylic acids is 1. The van der Waals surface area contributed by atoms with E-state index in [9.17, 15) is 18.0 Å². The summed E-state index contributed by atoms with van der Waals surface area (Å²) in [6, 6.07) is -0.0800. The number of aryl methyl sites for hydroxylation is 1. The van der Waals surface area contributed by atoms with Gasteiger partial charge in [-0.3, -0.25) is 0 Å². The molecule has 2 amide bonds. The van der Waals surface area contributed by atoms with Gasteiger partial charge in [0.25, 0.3) is 0 Å². The number of hydrogen-bond donors (Lipinski definition) is 2. The molecule has 0 aliphatic heterocycles. The third-order valence-electron chi connectivity index (χ3n) is 5.59. The Balaban J connectivity index is 1.44. The van der Waals surface area contributed by atoms with Crippen LogP contribution in [0, 0.1) is 12.8 Å². The molecular weight excluding hydrogens is 525 g/mol. The van der Waals surface area contributed by atoms with E-state index in [1.807, 2.05) is 6.92 Å². The van der Waals surface area contributed by atoms with Crippen molar-refractivity contribution in [3.05, 3.63) is 40.8 Å². The lowest BCUT2D eigenvalue weighted by molar-refractivity contribution is -0.137. The number of amides is 2. The monoisotopic (exact) mass is 548 g/mol. The standard InChI is InChI=1S/C23H23F3N8O3S/c1-3-37-20-16(8-15(23(24,25)26)19(33-20)34-28-6-7-29-34)31-22(35)32-17-9-27-21-18(30-12(2)38-21)14(17)11-36-10-13-4-5-13/h6-9,13H,3-5,10-11H2,1-2H3,(H2,31,32,35). The molecule has 200 valence electrons. The van der Waals surface area contributed by atoms with Gasteiger partial charge in [-0.1, -0.05) is 11.3 Å². The Bertz CT molecular complexity index is 1450. The van der Waals surface area contributed by atoms with E-state index in [4.69, 9.17) is 9.47 Å². The van der Waals surface area contributed by atoms with Crippen molar-refractivity contribution in [3.63, 3.8) is 0 Å². The number of aromatic nitrogens is 6. The third-order valence-corrected chi connectivity index (χ3v) is 6.47. The van der Waals surface area contributed by atoms with Crippen LogP contribution in [0.1, 0.15) is 35.9 Å². The summed E-state index contributed by atoms with van der Waals surface area (Å²) < 4.78 is 53.0. The smallest absolute Gasteiger partial charge is 0.420 e. The molecule has 2 N–H and O–H groups in total. The van der Waals surface area contributed by atoms with Crippen LogP contribution in [0.3, 0.4) is 0 Å². The number of nitrogens with zero attached hydrogens (tertiary/aromatic N) is 6. The van der Waals surface area contributed by atoms with Crippen molar-refractivity contribution < 1.29 is 27.4 Å². The Kier molecular flexibility index (Phi) is 7.12. The van der Waals surface area contributed by atoms with Gasteiger partial charge in [-0.2, -0.15) is 28.4 Å². The predicted octanol–water partition coefficient (Wildman–Crippen LogP) is 4.96. The van der Waals surface area contributed by atoms with Crippen LogP contribution in [0.4, 0.5) is 29.3 Å². The molecular formula is C23H23F3N8O3S. The summed E-state index contributed by atoms with van der Waals surface area (Å²) in [5, 5.41) is 13.4. The molecule has 0 spiro atoms. The Labute approximate surface area is 218 Å². The van der Waals surface area contributed by atoms with Crippen molar-refractivity contribution in [2.45, 2.75) is 39.5 Å². The van der Waals surface area contributed by atoms with Crippen LogP contribution in [0.25, 0.3) is 16.2 Å². The topological polar surface area (TPSA) is 129 Å². The van der Waals surface area contributed by atoms with E-state index in [0.717, 1.165) is 28.7 Å². The number of alkyl halides is 3. The predicted molar refractivity (Wildman–Crippen MR) is 132 cm³/mol. The molecule has 1 aliphatic rings. The van der Waals surface area contributed by atoms with Crippen molar-refractivity contribution in [2.24, 2.45) is 5.92 Å². The number of nitrogens with one attached hydrogen (secondary N) is 2.